The summed E-state index contributed by atoms with van der Waals surface area (Å²) in [6.07, 6.45) is 16.6. The number of allylic oxidation sites excluding steroid dienone is 6. The van der Waals surface area contributed by atoms with Gasteiger partial charge in [-0.25, -0.2) is 0 Å². The van der Waals surface area contributed by atoms with Gasteiger partial charge in [-0.2, -0.15) is 0 Å². The Labute approximate surface area is 243 Å². The van der Waals surface area contributed by atoms with Gasteiger partial charge < -0.3 is 10.6 Å². The third kappa shape index (κ3) is 7.82. The van der Waals surface area contributed by atoms with E-state index in [9.17, 15) is 14.4 Å². The average Bonchev–Trinajstić information content (AvgIpc) is 3.33. The van der Waals surface area contributed by atoms with E-state index in [1.807, 2.05) is 52.0 Å². The fourth-order valence-electron chi connectivity index (χ4n) is 5.35. The minimum atomic E-state index is -0.231. The fourth-order valence-corrected chi connectivity index (χ4v) is 6.60. The van der Waals surface area contributed by atoms with E-state index in [0.29, 0.717) is 41.2 Å². The normalized spacial score (nSPS) is 18.1. The van der Waals surface area contributed by atoms with Crippen molar-refractivity contribution < 1.29 is 14.4 Å². The highest BCUT2D eigenvalue weighted by molar-refractivity contribution is 8.07. The summed E-state index contributed by atoms with van der Waals surface area (Å²) in [7, 11) is 0. The molecule has 2 heterocycles. The van der Waals surface area contributed by atoms with Gasteiger partial charge in [-0.15, -0.1) is 0 Å². The van der Waals surface area contributed by atoms with Crippen molar-refractivity contribution >= 4 is 40.7 Å². The Morgan fingerprint density at radius 1 is 1.12 bits per heavy atom. The molecule has 2 N–H and O–H groups in total. The molecule has 216 valence electrons. The number of hydrogen-bond acceptors (Lipinski definition) is 6. The van der Waals surface area contributed by atoms with Crippen molar-refractivity contribution in [1.29, 1.82) is 0 Å². The summed E-state index contributed by atoms with van der Waals surface area (Å²) in [6.45, 7) is 12.4. The van der Waals surface area contributed by atoms with Gasteiger partial charge in [0.05, 0.1) is 29.8 Å². The molecule has 1 aromatic heterocycles. The van der Waals surface area contributed by atoms with Crippen LogP contribution in [0.2, 0.25) is 0 Å². The molecule has 1 saturated heterocycles. The molecule has 0 radical (unpaired) electrons. The first kappa shape index (κ1) is 31.6. The molecule has 1 aromatic rings. The smallest absolute Gasteiger partial charge is 0.252 e. The monoisotopic (exact) mass is 564 g/mol. The zero-order chi connectivity index (χ0) is 29.3. The Morgan fingerprint density at radius 3 is 2.45 bits per heavy atom. The van der Waals surface area contributed by atoms with Crippen molar-refractivity contribution in [2.24, 2.45) is 0 Å². The van der Waals surface area contributed by atoms with E-state index in [1.54, 1.807) is 19.2 Å². The van der Waals surface area contributed by atoms with E-state index < -0.39 is 0 Å². The molecule has 1 aliphatic heterocycles. The minimum Gasteiger partial charge on any atom is -0.324 e. The third-order valence-electron chi connectivity index (χ3n) is 7.81. The number of Topliss-reactive ketones (excluding diaryl/α,β-unsaturated/α-hetero) is 1. The van der Waals surface area contributed by atoms with Crippen molar-refractivity contribution in [3.63, 3.8) is 0 Å². The van der Waals surface area contributed by atoms with E-state index in [0.717, 1.165) is 29.2 Å². The van der Waals surface area contributed by atoms with Crippen LogP contribution in [-0.2, 0) is 14.4 Å². The maximum atomic E-state index is 13.4. The van der Waals surface area contributed by atoms with Crippen LogP contribution in [0.25, 0.3) is 0 Å². The van der Waals surface area contributed by atoms with Crippen LogP contribution in [0.3, 0.4) is 0 Å². The molecule has 1 spiro atoms. The highest BCUT2D eigenvalue weighted by Gasteiger charge is 2.45. The Balaban J connectivity index is 1.74. The van der Waals surface area contributed by atoms with Crippen LogP contribution in [0.15, 0.2) is 57.5 Å². The molecule has 7 nitrogen and oxygen atoms in total. The number of nitrogens with one attached hydrogen (secondary N) is 2. The summed E-state index contributed by atoms with van der Waals surface area (Å²) in [5, 5.41) is 5.98. The molecule has 0 bridgehead atoms. The Bertz CT molecular complexity index is 1240. The number of aromatic nitrogens is 1. The summed E-state index contributed by atoms with van der Waals surface area (Å²) >= 11 is 1.46. The number of aryl methyl sites for hydroxylation is 1. The fraction of sp³-hybridized carbons (Fsp3) is 0.500. The molecule has 40 heavy (non-hydrogen) atoms. The van der Waals surface area contributed by atoms with Crippen LogP contribution in [-0.4, -0.2) is 46.1 Å². The van der Waals surface area contributed by atoms with Gasteiger partial charge in [-0.05, 0) is 90.7 Å². The number of hydrogen-bond donors (Lipinski definition) is 2. The van der Waals surface area contributed by atoms with E-state index in [-0.39, 0.29) is 23.1 Å². The lowest BCUT2D eigenvalue weighted by Gasteiger charge is -2.45. The summed E-state index contributed by atoms with van der Waals surface area (Å²) in [4.78, 5) is 47.1. The molecule has 0 unspecified atom stereocenters. The van der Waals surface area contributed by atoms with Gasteiger partial charge in [-0.1, -0.05) is 49.4 Å². The number of rotatable bonds is 12. The van der Waals surface area contributed by atoms with Gasteiger partial charge in [0.15, 0.2) is 5.78 Å². The van der Waals surface area contributed by atoms with Crippen molar-refractivity contribution in [2.75, 3.05) is 23.7 Å². The Morgan fingerprint density at radius 2 is 1.85 bits per heavy atom. The number of carbonyl (C=O) groups is 3. The molecule has 2 aliphatic rings. The first-order valence-electron chi connectivity index (χ1n) is 14.3. The molecular formula is C32H44N4O3S. The molecule has 1 saturated carbocycles. The second kappa shape index (κ2) is 14.6. The lowest BCUT2D eigenvalue weighted by Crippen LogP contribution is -2.51. The zero-order valence-corrected chi connectivity index (χ0v) is 25.7. The number of pyridine rings is 1. The second-order valence-electron chi connectivity index (χ2n) is 10.7. The lowest BCUT2D eigenvalue weighted by atomic mass is 9.75. The van der Waals surface area contributed by atoms with Gasteiger partial charge in [0.1, 0.15) is 0 Å². The molecule has 1 aliphatic carbocycles. The van der Waals surface area contributed by atoms with Crippen molar-refractivity contribution in [2.45, 2.75) is 92.0 Å². The summed E-state index contributed by atoms with van der Waals surface area (Å²) in [5.74, 6) is -0.310. The van der Waals surface area contributed by atoms with Crippen LogP contribution in [0.4, 0.5) is 11.4 Å². The van der Waals surface area contributed by atoms with Crippen molar-refractivity contribution in [3.05, 3.63) is 63.2 Å². The summed E-state index contributed by atoms with van der Waals surface area (Å²) in [6, 6.07) is 1.77. The van der Waals surface area contributed by atoms with Gasteiger partial charge in [-0.3, -0.25) is 24.3 Å². The SMILES string of the molecule is C\C=C/C=C(C(C)=O)/C(=C/C)S/C(CCC)=C(/C)C(=O)Nc1cc(NC(=O)CN2CCCC23CCC3)cnc1C. The molecule has 2 amide bonds. The maximum absolute atomic E-state index is 13.4. The number of nitrogens with zero attached hydrogens (tertiary/aromatic N) is 2. The first-order chi connectivity index (χ1) is 19.1. The number of thioether (sulfide) groups is 1. The number of anilines is 2. The number of amides is 2. The maximum Gasteiger partial charge on any atom is 0.252 e. The van der Waals surface area contributed by atoms with E-state index in [1.165, 1.54) is 37.4 Å². The molecule has 0 aromatic carbocycles. The average molecular weight is 565 g/mol. The number of likely N-dealkylation sites (tertiary alicyclic amines) is 1. The molecule has 8 heteroatoms. The topological polar surface area (TPSA) is 91.4 Å². The van der Waals surface area contributed by atoms with Gasteiger partial charge in [0.25, 0.3) is 5.91 Å². The van der Waals surface area contributed by atoms with E-state index >= 15 is 0 Å². The Hall–Kier alpha value is -2.97. The minimum absolute atomic E-state index is 0.0233. The highest BCUT2D eigenvalue weighted by atomic mass is 32.2. The van der Waals surface area contributed by atoms with Crippen molar-refractivity contribution in [3.8, 4) is 0 Å². The van der Waals surface area contributed by atoms with Crippen LogP contribution in [0.1, 0.15) is 85.3 Å². The van der Waals surface area contributed by atoms with E-state index in [4.69, 9.17) is 0 Å². The standard InChI is InChI=1S/C32H44N4O3S/c1-7-10-14-26(24(6)37)28(9-3)40-29(13-8-2)22(4)31(39)35-27-19-25(20-33-23(27)5)34-30(38)21-36-18-12-17-32(36)15-11-16-32/h7,9-10,14,19-20H,8,11-13,15-18,21H2,1-6H3,(H,34,38)(H,35,39)/b10-7-,26-14+,28-9-,29-22-. The largest absolute Gasteiger partial charge is 0.324 e. The van der Waals surface area contributed by atoms with Crippen LogP contribution in [0, 0.1) is 6.92 Å². The highest BCUT2D eigenvalue weighted by Crippen LogP contribution is 2.45. The molecule has 3 rings (SSSR count). The van der Waals surface area contributed by atoms with Crippen molar-refractivity contribution in [1.82, 2.24) is 9.88 Å². The van der Waals surface area contributed by atoms with Crippen LogP contribution in [0.5, 0.6) is 0 Å². The number of carbonyl (C=O) groups excluding carboxylic acids is 3. The zero-order valence-electron chi connectivity index (χ0n) is 24.9. The second-order valence-corrected chi connectivity index (χ2v) is 11.8. The first-order valence-corrected chi connectivity index (χ1v) is 15.2. The van der Waals surface area contributed by atoms with Gasteiger partial charge in [0.2, 0.25) is 5.91 Å². The quantitative estimate of drug-likeness (QED) is 0.208. The predicted octanol–water partition coefficient (Wildman–Crippen LogP) is 7.09. The molecular weight excluding hydrogens is 520 g/mol. The van der Waals surface area contributed by atoms with E-state index in [2.05, 4.69) is 27.4 Å². The molecule has 2 fully saturated rings. The third-order valence-corrected chi connectivity index (χ3v) is 9.24. The Kier molecular flexibility index (Phi) is 11.5. The summed E-state index contributed by atoms with van der Waals surface area (Å²) in [5.41, 5.74) is 3.24. The lowest BCUT2D eigenvalue weighted by molar-refractivity contribution is -0.119. The number of ketones is 1. The van der Waals surface area contributed by atoms with Gasteiger partial charge >= 0.3 is 0 Å². The predicted molar refractivity (Wildman–Crippen MR) is 166 cm³/mol. The molecule has 0 atom stereocenters. The van der Waals surface area contributed by atoms with Gasteiger partial charge in [0, 0.05) is 21.6 Å². The summed E-state index contributed by atoms with van der Waals surface area (Å²) < 4.78 is 0. The van der Waals surface area contributed by atoms with Crippen LogP contribution >= 0.6 is 11.8 Å². The van der Waals surface area contributed by atoms with Crippen LogP contribution < -0.4 is 10.6 Å².